The second-order valence-electron chi connectivity index (χ2n) is 15.1. The Kier molecular flexibility index (Phi) is 36.7. The minimum absolute atomic E-state index is 0.0874. The van der Waals surface area contributed by atoms with Gasteiger partial charge in [-0.25, -0.2) is 0 Å². The van der Waals surface area contributed by atoms with Crippen molar-refractivity contribution in [2.45, 2.75) is 179 Å². The Hall–Kier alpha value is -3.64. The van der Waals surface area contributed by atoms with Crippen molar-refractivity contribution < 1.29 is 49.0 Å². The second-order valence-corrected chi connectivity index (χ2v) is 15.1. The number of aliphatic hydroxyl groups excluding tert-OH is 4. The maximum absolute atomic E-state index is 12.7. The van der Waals surface area contributed by atoms with E-state index in [9.17, 15) is 30.0 Å². The molecule has 0 aromatic rings. The van der Waals surface area contributed by atoms with E-state index in [0.717, 1.165) is 57.8 Å². The molecule has 61 heavy (non-hydrogen) atoms. The van der Waals surface area contributed by atoms with Crippen molar-refractivity contribution in [2.24, 2.45) is 0 Å². The van der Waals surface area contributed by atoms with Crippen LogP contribution in [0.2, 0.25) is 0 Å². The third-order valence-electron chi connectivity index (χ3n) is 9.66. The lowest BCUT2D eigenvalue weighted by molar-refractivity contribution is -0.305. The van der Waals surface area contributed by atoms with E-state index in [1.54, 1.807) is 0 Å². The van der Waals surface area contributed by atoms with E-state index in [1.807, 2.05) is 18.2 Å². The predicted octanol–water partition coefficient (Wildman–Crippen LogP) is 10.1. The fraction of sp³-hybridized carbons (Fsp3) is 0.608. The monoisotopic (exact) mass is 853 g/mol. The molecule has 10 nitrogen and oxygen atoms in total. The topological polar surface area (TPSA) is 152 Å². The maximum atomic E-state index is 12.7. The summed E-state index contributed by atoms with van der Waals surface area (Å²) in [7, 11) is 0. The average Bonchev–Trinajstić information content (AvgIpc) is 3.26. The van der Waals surface area contributed by atoms with E-state index in [2.05, 4.69) is 105 Å². The van der Waals surface area contributed by atoms with Gasteiger partial charge in [-0.05, 0) is 83.5 Å². The molecule has 4 N–H and O–H groups in total. The van der Waals surface area contributed by atoms with Gasteiger partial charge in [0.1, 0.15) is 31.0 Å². The zero-order valence-corrected chi connectivity index (χ0v) is 37.4. The van der Waals surface area contributed by atoms with Gasteiger partial charge in [0, 0.05) is 12.8 Å². The lowest BCUT2D eigenvalue weighted by Gasteiger charge is -2.39. The summed E-state index contributed by atoms with van der Waals surface area (Å²) in [6.07, 6.45) is 48.3. The van der Waals surface area contributed by atoms with Crippen molar-refractivity contribution in [1.29, 1.82) is 0 Å². The van der Waals surface area contributed by atoms with Gasteiger partial charge in [0.05, 0.1) is 13.2 Å². The first-order valence-electron chi connectivity index (χ1n) is 23.0. The number of carbonyl (C=O) groups is 2. The van der Waals surface area contributed by atoms with Crippen molar-refractivity contribution in [1.82, 2.24) is 0 Å². The van der Waals surface area contributed by atoms with Crippen LogP contribution in [0.1, 0.15) is 142 Å². The van der Waals surface area contributed by atoms with Crippen molar-refractivity contribution in [2.75, 3.05) is 19.8 Å². The molecule has 1 aliphatic heterocycles. The normalized spacial score (nSPS) is 20.8. The van der Waals surface area contributed by atoms with Crippen LogP contribution in [0.25, 0.3) is 0 Å². The molecule has 1 saturated heterocycles. The molecule has 10 heteroatoms. The quantitative estimate of drug-likeness (QED) is 0.0272. The predicted molar refractivity (Wildman–Crippen MR) is 247 cm³/mol. The summed E-state index contributed by atoms with van der Waals surface area (Å²) in [5.41, 5.74) is 0. The molecule has 0 aromatic heterocycles. The van der Waals surface area contributed by atoms with Crippen LogP contribution in [0, 0.1) is 0 Å². The molecular formula is C51H80O10. The molecule has 6 atom stereocenters. The lowest BCUT2D eigenvalue weighted by atomic mass is 9.99. The zero-order valence-electron chi connectivity index (χ0n) is 37.4. The van der Waals surface area contributed by atoms with Crippen molar-refractivity contribution in [3.8, 4) is 0 Å². The van der Waals surface area contributed by atoms with Crippen LogP contribution < -0.4 is 0 Å². The molecule has 2 unspecified atom stereocenters. The minimum atomic E-state index is -1.62. The summed E-state index contributed by atoms with van der Waals surface area (Å²) in [4.78, 5) is 25.3. The Balaban J connectivity index is 2.43. The summed E-state index contributed by atoms with van der Waals surface area (Å²) < 4.78 is 22.0. The summed E-state index contributed by atoms with van der Waals surface area (Å²) in [5.74, 6) is -0.978. The lowest BCUT2D eigenvalue weighted by Crippen LogP contribution is -2.59. The number of carbonyl (C=O) groups excluding carboxylic acids is 2. The molecular weight excluding hydrogens is 773 g/mol. The van der Waals surface area contributed by atoms with Gasteiger partial charge in [-0.3, -0.25) is 9.59 Å². The Morgan fingerprint density at radius 2 is 1.00 bits per heavy atom. The molecule has 0 saturated carbocycles. The van der Waals surface area contributed by atoms with Crippen molar-refractivity contribution in [3.05, 3.63) is 109 Å². The Morgan fingerprint density at radius 3 is 1.52 bits per heavy atom. The standard InChI is InChI=1S/C51H80O10/c1-3-5-7-9-11-13-15-17-19-21-22-24-26-28-30-32-34-36-38-40-47(54)60-44(43-59-51-50(57)49(56)48(55)45(41-52)61-51)42-58-46(53)39-37-35-33-31-29-27-25-23-20-18-16-14-12-10-8-6-4-2/h5,7,11,13,17-20,22,24-25,27-28,30-31,33-34,36,44-45,48-52,55-57H,3-4,6,8-10,12,14-16,21,23,26,29,32,35,37-43H2,1-2H3/b7-5+,13-11+,19-17+,20-18+,24-22+,27-25+,30-28+,33-31+,36-34+/t44-,45-,48+,49?,50?,51-/m1/s1. The Morgan fingerprint density at radius 1 is 0.525 bits per heavy atom. The highest BCUT2D eigenvalue weighted by atomic mass is 16.7. The molecule has 0 amide bonds. The van der Waals surface area contributed by atoms with Crippen LogP contribution in [-0.4, -0.2) is 89.0 Å². The zero-order chi connectivity index (χ0) is 44.4. The van der Waals surface area contributed by atoms with Gasteiger partial charge in [-0.15, -0.1) is 0 Å². The van der Waals surface area contributed by atoms with Crippen LogP contribution >= 0.6 is 0 Å². The van der Waals surface area contributed by atoms with Crippen LogP contribution in [0.15, 0.2) is 109 Å². The third kappa shape index (κ3) is 31.8. The summed E-state index contributed by atoms with van der Waals surface area (Å²) in [6.45, 7) is 3.15. The van der Waals surface area contributed by atoms with Crippen molar-refractivity contribution in [3.63, 3.8) is 0 Å². The number of aliphatic hydroxyl groups is 4. The molecule has 1 rings (SSSR count). The molecule has 1 heterocycles. The van der Waals surface area contributed by atoms with Gasteiger partial charge in [0.2, 0.25) is 0 Å². The van der Waals surface area contributed by atoms with Gasteiger partial charge >= 0.3 is 11.9 Å². The average molecular weight is 853 g/mol. The van der Waals surface area contributed by atoms with Crippen LogP contribution in [0.5, 0.6) is 0 Å². The van der Waals surface area contributed by atoms with Crippen LogP contribution in [0.3, 0.4) is 0 Å². The first kappa shape index (κ1) is 55.4. The Labute approximate surface area is 368 Å². The van der Waals surface area contributed by atoms with Gasteiger partial charge < -0.3 is 39.4 Å². The number of esters is 2. The molecule has 344 valence electrons. The number of hydrogen-bond acceptors (Lipinski definition) is 10. The fourth-order valence-corrected chi connectivity index (χ4v) is 6.05. The fourth-order valence-electron chi connectivity index (χ4n) is 6.05. The van der Waals surface area contributed by atoms with E-state index in [-0.39, 0.29) is 26.1 Å². The summed E-state index contributed by atoms with van der Waals surface area (Å²) >= 11 is 0. The van der Waals surface area contributed by atoms with Gasteiger partial charge in [-0.1, -0.05) is 155 Å². The second kappa shape index (κ2) is 40.4. The van der Waals surface area contributed by atoms with E-state index in [0.29, 0.717) is 19.3 Å². The van der Waals surface area contributed by atoms with Crippen LogP contribution in [-0.2, 0) is 28.5 Å². The van der Waals surface area contributed by atoms with E-state index >= 15 is 0 Å². The van der Waals surface area contributed by atoms with E-state index < -0.39 is 55.4 Å². The van der Waals surface area contributed by atoms with Gasteiger partial charge in [-0.2, -0.15) is 0 Å². The largest absolute Gasteiger partial charge is 0.462 e. The third-order valence-corrected chi connectivity index (χ3v) is 9.66. The van der Waals surface area contributed by atoms with Crippen molar-refractivity contribution >= 4 is 11.9 Å². The summed E-state index contributed by atoms with van der Waals surface area (Å²) in [5, 5.41) is 40.1. The number of allylic oxidation sites excluding steroid dienone is 18. The van der Waals surface area contributed by atoms with E-state index in [1.165, 1.54) is 38.5 Å². The van der Waals surface area contributed by atoms with Gasteiger partial charge in [0.15, 0.2) is 12.4 Å². The highest BCUT2D eigenvalue weighted by Crippen LogP contribution is 2.22. The van der Waals surface area contributed by atoms with E-state index in [4.69, 9.17) is 18.9 Å². The number of unbranched alkanes of at least 4 members (excludes halogenated alkanes) is 7. The number of rotatable bonds is 36. The first-order valence-corrected chi connectivity index (χ1v) is 23.0. The highest BCUT2D eigenvalue weighted by Gasteiger charge is 2.44. The molecule has 0 spiro atoms. The van der Waals surface area contributed by atoms with Gasteiger partial charge in [0.25, 0.3) is 0 Å². The molecule has 1 aliphatic rings. The van der Waals surface area contributed by atoms with Crippen LogP contribution in [0.4, 0.5) is 0 Å². The molecule has 0 aromatic carbocycles. The first-order chi connectivity index (χ1) is 29.8. The smallest absolute Gasteiger partial charge is 0.306 e. The minimum Gasteiger partial charge on any atom is -0.462 e. The maximum Gasteiger partial charge on any atom is 0.306 e. The molecule has 0 radical (unpaired) electrons. The highest BCUT2D eigenvalue weighted by molar-refractivity contribution is 5.70. The molecule has 0 bridgehead atoms. The molecule has 1 fully saturated rings. The summed E-state index contributed by atoms with van der Waals surface area (Å²) in [6, 6.07) is 0. The molecule has 0 aliphatic carbocycles. The Bertz CT molecular complexity index is 1350. The number of hydrogen-bond donors (Lipinski definition) is 4. The number of ether oxygens (including phenoxy) is 4. The SMILES string of the molecule is CC/C=C/C/C=C/C/C=C/C/C=C/C/C=C/C/C=C/CCC(=O)O[C@H](COC(=O)CCC/C=C/C/C=C/C/C=C/CCCCCCCC)CO[C@@H]1O[C@H](CO)[C@H](O)C(O)C1O.